The molecule has 0 fully saturated rings. The van der Waals surface area contributed by atoms with Crippen molar-refractivity contribution in [3.63, 3.8) is 0 Å². The van der Waals surface area contributed by atoms with Crippen LogP contribution in [0.2, 0.25) is 0 Å². The summed E-state index contributed by atoms with van der Waals surface area (Å²) in [7, 11) is 0. The zero-order valence-electron chi connectivity index (χ0n) is 21.9. The van der Waals surface area contributed by atoms with Gasteiger partial charge in [0.2, 0.25) is 0 Å². The Labute approximate surface area is 229 Å². The first-order valence-corrected chi connectivity index (χ1v) is 13.8. The minimum Gasteiger partial charge on any atom is -0.314 e. The lowest BCUT2D eigenvalue weighted by Crippen LogP contribution is -2.17. The third-order valence-corrected chi connectivity index (χ3v) is 7.69. The van der Waals surface area contributed by atoms with Crippen molar-refractivity contribution in [2.45, 2.75) is 19.3 Å². The zero-order chi connectivity index (χ0) is 26.0. The van der Waals surface area contributed by atoms with Crippen LogP contribution in [0.5, 0.6) is 0 Å². The van der Waals surface area contributed by atoms with E-state index in [9.17, 15) is 0 Å². The number of hydrogen-bond donors (Lipinski definition) is 0. The van der Waals surface area contributed by atoms with E-state index >= 15 is 0 Å². The largest absolute Gasteiger partial charge is 0.314 e. The van der Waals surface area contributed by atoms with Gasteiger partial charge in [0.15, 0.2) is 0 Å². The molecule has 5 aromatic rings. The molecule has 0 unspecified atom stereocenters. The van der Waals surface area contributed by atoms with Gasteiger partial charge in [-0.05, 0) is 78.9 Å². The lowest BCUT2D eigenvalue weighted by Gasteiger charge is -2.29. The van der Waals surface area contributed by atoms with Gasteiger partial charge in [-0.15, -0.1) is 0 Å². The van der Waals surface area contributed by atoms with E-state index in [1.165, 1.54) is 55.7 Å². The summed E-state index contributed by atoms with van der Waals surface area (Å²) in [5, 5.41) is 2.59. The van der Waals surface area contributed by atoms with Gasteiger partial charge in [-0.2, -0.15) is 0 Å². The van der Waals surface area contributed by atoms with Gasteiger partial charge in [0.1, 0.15) is 0 Å². The Kier molecular flexibility index (Phi) is 6.07. The standard InChI is InChI=1S/C37H30N2/c1-3-13-30(14-4-1)38(31-15-5-2-6-16-31)33-26-23-29(24-27-33)28-12-11-17-32(25-22-28)39-36-20-9-7-18-34(36)35-19-8-10-21-37(35)39/h1-5,7-10,12-15,17-27H,6,11,16H2. The van der Waals surface area contributed by atoms with E-state index < -0.39 is 0 Å². The first-order chi connectivity index (χ1) is 19.4. The molecule has 0 amide bonds. The molecule has 0 saturated carbocycles. The average Bonchev–Trinajstić information content (AvgIpc) is 3.14. The summed E-state index contributed by atoms with van der Waals surface area (Å²) in [6.07, 6.45) is 18.8. The lowest BCUT2D eigenvalue weighted by atomic mass is 10.0. The van der Waals surface area contributed by atoms with Crippen molar-refractivity contribution < 1.29 is 0 Å². The van der Waals surface area contributed by atoms with E-state index in [0.29, 0.717) is 0 Å². The Morgan fingerprint density at radius 2 is 1.28 bits per heavy atom. The molecular weight excluding hydrogens is 472 g/mol. The van der Waals surface area contributed by atoms with Gasteiger partial charge in [-0.25, -0.2) is 0 Å². The highest BCUT2D eigenvalue weighted by Gasteiger charge is 2.16. The van der Waals surface area contributed by atoms with Crippen LogP contribution in [-0.2, 0) is 0 Å². The van der Waals surface area contributed by atoms with E-state index in [2.05, 4.69) is 155 Å². The highest BCUT2D eigenvalue weighted by atomic mass is 15.1. The summed E-state index contributed by atoms with van der Waals surface area (Å²) in [5.41, 5.74) is 9.89. The molecule has 1 heterocycles. The molecule has 188 valence electrons. The Morgan fingerprint density at radius 1 is 0.615 bits per heavy atom. The fraction of sp³-hybridized carbons (Fsp3) is 0.0811. The van der Waals surface area contributed by atoms with Crippen molar-refractivity contribution in [3.05, 3.63) is 157 Å². The summed E-state index contributed by atoms with van der Waals surface area (Å²) in [5.74, 6) is 0. The molecule has 2 nitrogen and oxygen atoms in total. The molecule has 39 heavy (non-hydrogen) atoms. The SMILES string of the molecule is C1=CCCC(N(c2ccccc2)c2ccc(C3=CCC=C(n4c5ccccc5c5ccccc54)C=C3)cc2)=C1. The average molecular weight is 503 g/mol. The van der Waals surface area contributed by atoms with E-state index in [-0.39, 0.29) is 0 Å². The van der Waals surface area contributed by atoms with Crippen LogP contribution in [0.25, 0.3) is 33.1 Å². The molecule has 0 atom stereocenters. The van der Waals surface area contributed by atoms with Crippen LogP contribution in [-0.4, -0.2) is 4.57 Å². The molecule has 0 radical (unpaired) electrons. The second-order valence-electron chi connectivity index (χ2n) is 10.1. The van der Waals surface area contributed by atoms with Crippen LogP contribution in [0.15, 0.2) is 151 Å². The number of allylic oxidation sites excluding steroid dienone is 10. The van der Waals surface area contributed by atoms with E-state index in [1.54, 1.807) is 0 Å². The van der Waals surface area contributed by atoms with Crippen LogP contribution >= 0.6 is 0 Å². The molecule has 0 saturated heterocycles. The molecule has 0 spiro atoms. The third-order valence-electron chi connectivity index (χ3n) is 7.69. The second-order valence-corrected chi connectivity index (χ2v) is 10.1. The van der Waals surface area contributed by atoms with Crippen molar-refractivity contribution in [1.29, 1.82) is 0 Å². The summed E-state index contributed by atoms with van der Waals surface area (Å²) in [4.78, 5) is 2.38. The quantitative estimate of drug-likeness (QED) is 0.232. The fourth-order valence-electron chi connectivity index (χ4n) is 5.84. The van der Waals surface area contributed by atoms with Crippen LogP contribution in [0.4, 0.5) is 11.4 Å². The molecule has 7 rings (SSSR count). The van der Waals surface area contributed by atoms with Gasteiger partial charge in [-0.1, -0.05) is 97.1 Å². The summed E-state index contributed by atoms with van der Waals surface area (Å²) in [6.45, 7) is 0. The second kappa shape index (κ2) is 10.2. The zero-order valence-corrected chi connectivity index (χ0v) is 21.9. The minimum atomic E-state index is 0.885. The van der Waals surface area contributed by atoms with Gasteiger partial charge < -0.3 is 9.47 Å². The van der Waals surface area contributed by atoms with Gasteiger partial charge in [0.25, 0.3) is 0 Å². The maximum absolute atomic E-state index is 2.39. The molecule has 2 heteroatoms. The number of aromatic nitrogens is 1. The highest BCUT2D eigenvalue weighted by molar-refractivity contribution is 6.10. The maximum atomic E-state index is 2.39. The Morgan fingerprint density at radius 3 is 1.97 bits per heavy atom. The number of nitrogens with zero attached hydrogens (tertiary/aromatic N) is 2. The predicted octanol–water partition coefficient (Wildman–Crippen LogP) is 10.1. The number of benzene rings is 4. The molecule has 0 N–H and O–H groups in total. The van der Waals surface area contributed by atoms with Gasteiger partial charge >= 0.3 is 0 Å². The molecular formula is C37H30N2. The summed E-state index contributed by atoms with van der Waals surface area (Å²) in [6, 6.07) is 37.1. The normalized spacial score (nSPS) is 15.1. The topological polar surface area (TPSA) is 8.17 Å². The highest BCUT2D eigenvalue weighted by Crippen LogP contribution is 2.36. The Balaban J connectivity index is 1.20. The first kappa shape index (κ1) is 23.3. The van der Waals surface area contributed by atoms with Crippen LogP contribution < -0.4 is 4.90 Å². The number of anilines is 2. The number of para-hydroxylation sites is 3. The molecule has 2 aliphatic carbocycles. The van der Waals surface area contributed by atoms with E-state index in [0.717, 1.165) is 19.3 Å². The Bertz CT molecular complexity index is 1760. The molecule has 4 aromatic carbocycles. The number of fused-ring (bicyclic) bond motifs is 3. The molecule has 0 aliphatic heterocycles. The van der Waals surface area contributed by atoms with E-state index in [1.807, 2.05) is 0 Å². The Hall–Kier alpha value is -4.82. The first-order valence-electron chi connectivity index (χ1n) is 13.8. The van der Waals surface area contributed by atoms with Crippen LogP contribution in [0.3, 0.4) is 0 Å². The third kappa shape index (κ3) is 4.34. The van der Waals surface area contributed by atoms with E-state index in [4.69, 9.17) is 0 Å². The van der Waals surface area contributed by atoms with Crippen LogP contribution in [0.1, 0.15) is 24.8 Å². The van der Waals surface area contributed by atoms with Gasteiger partial charge in [0.05, 0.1) is 11.0 Å². The lowest BCUT2D eigenvalue weighted by molar-refractivity contribution is 0.917. The van der Waals surface area contributed by atoms with Crippen LogP contribution in [0, 0.1) is 0 Å². The molecule has 2 aliphatic rings. The number of hydrogen-bond acceptors (Lipinski definition) is 1. The van der Waals surface area contributed by atoms with Crippen molar-refractivity contribution in [1.82, 2.24) is 4.57 Å². The van der Waals surface area contributed by atoms with Gasteiger partial charge in [0, 0.05) is 33.5 Å². The monoisotopic (exact) mass is 502 g/mol. The minimum absolute atomic E-state index is 0.885. The summed E-state index contributed by atoms with van der Waals surface area (Å²) < 4.78 is 2.39. The smallest absolute Gasteiger partial charge is 0.0540 e. The fourth-order valence-corrected chi connectivity index (χ4v) is 5.84. The van der Waals surface area contributed by atoms with Gasteiger partial charge in [-0.3, -0.25) is 0 Å². The van der Waals surface area contributed by atoms with Crippen molar-refractivity contribution >= 4 is 44.5 Å². The summed E-state index contributed by atoms with van der Waals surface area (Å²) >= 11 is 0. The van der Waals surface area contributed by atoms with Crippen molar-refractivity contribution in [2.75, 3.05) is 4.90 Å². The number of rotatable bonds is 5. The predicted molar refractivity (Wildman–Crippen MR) is 167 cm³/mol. The van der Waals surface area contributed by atoms with Crippen molar-refractivity contribution in [2.24, 2.45) is 0 Å². The van der Waals surface area contributed by atoms with Crippen molar-refractivity contribution in [3.8, 4) is 0 Å². The maximum Gasteiger partial charge on any atom is 0.0540 e. The molecule has 0 bridgehead atoms. The molecule has 1 aromatic heterocycles.